The number of carbonyl (C=O) groups is 1. The van der Waals surface area contributed by atoms with E-state index in [1.165, 1.54) is 4.90 Å². The van der Waals surface area contributed by atoms with Gasteiger partial charge in [0, 0.05) is 25.4 Å². The summed E-state index contributed by atoms with van der Waals surface area (Å²) in [4.78, 5) is 12.8. The zero-order valence-electron chi connectivity index (χ0n) is 10.7. The van der Waals surface area contributed by atoms with Gasteiger partial charge in [-0.3, -0.25) is 9.18 Å². The molecule has 1 rings (SSSR count). The average molecular weight is 266 g/mol. The lowest BCUT2D eigenvalue weighted by atomic mass is 10.0. The molecule has 0 aromatic heterocycles. The molecule has 1 fully saturated rings. The molecule has 1 saturated heterocycles. The number of likely N-dealkylation sites (tertiary alicyclic amines) is 1. The molecule has 0 bridgehead atoms. The van der Waals surface area contributed by atoms with Gasteiger partial charge in [-0.2, -0.15) is 0 Å². The Morgan fingerprint density at radius 3 is 2.56 bits per heavy atom. The van der Waals surface area contributed by atoms with Crippen molar-refractivity contribution in [2.75, 3.05) is 33.4 Å². The van der Waals surface area contributed by atoms with E-state index in [0.29, 0.717) is 0 Å². The Labute approximate surface area is 106 Å². The first kappa shape index (κ1) is 17.0. The molecule has 1 atom stereocenters. The first-order chi connectivity index (χ1) is 8.45. The molecule has 0 aliphatic carbocycles. The van der Waals surface area contributed by atoms with Crippen LogP contribution in [0.25, 0.3) is 0 Å². The van der Waals surface area contributed by atoms with Crippen molar-refractivity contribution >= 4 is 5.91 Å². The lowest BCUT2D eigenvalue weighted by molar-refractivity contribution is -0.125. The lowest BCUT2D eigenvalue weighted by Crippen LogP contribution is -2.33. The molecule has 0 aromatic carbocycles. The molecule has 1 N–H and O–H groups in total. The van der Waals surface area contributed by atoms with Gasteiger partial charge in [0.1, 0.15) is 0 Å². The van der Waals surface area contributed by atoms with E-state index < -0.39 is 24.4 Å². The molecular formula is C12H21F3N2O. The summed E-state index contributed by atoms with van der Waals surface area (Å²) in [5.74, 6) is -4.15. The number of hydrogen-bond donors (Lipinski definition) is 1. The fraction of sp³-hybridized carbons (Fsp3) is 0.750. The monoisotopic (exact) mass is 266 g/mol. The van der Waals surface area contributed by atoms with Gasteiger partial charge in [-0.25, -0.2) is 8.78 Å². The topological polar surface area (TPSA) is 32.3 Å². The third-order valence-corrected chi connectivity index (χ3v) is 2.67. The number of carbonyl (C=O) groups excluding carboxylic acids is 1. The van der Waals surface area contributed by atoms with Gasteiger partial charge in [-0.1, -0.05) is 0 Å². The first-order valence-corrected chi connectivity index (χ1v) is 5.84. The third kappa shape index (κ3) is 5.53. The summed E-state index contributed by atoms with van der Waals surface area (Å²) in [6, 6.07) is 0. The van der Waals surface area contributed by atoms with Gasteiger partial charge in [-0.15, -0.1) is 13.2 Å². The SMILES string of the molecule is C=C.CN1CC(CC(=O)NCCCF)C(F)(F)C1. The van der Waals surface area contributed by atoms with E-state index in [1.54, 1.807) is 7.05 Å². The van der Waals surface area contributed by atoms with Crippen molar-refractivity contribution in [2.45, 2.75) is 18.8 Å². The summed E-state index contributed by atoms with van der Waals surface area (Å²) >= 11 is 0. The fourth-order valence-electron chi connectivity index (χ4n) is 1.87. The van der Waals surface area contributed by atoms with Crippen molar-refractivity contribution in [3.05, 3.63) is 13.2 Å². The van der Waals surface area contributed by atoms with Crippen LogP contribution in [-0.4, -0.2) is 50.1 Å². The summed E-state index contributed by atoms with van der Waals surface area (Å²) in [7, 11) is 1.61. The fourth-order valence-corrected chi connectivity index (χ4v) is 1.87. The Balaban J connectivity index is 0.00000137. The van der Waals surface area contributed by atoms with Crippen LogP contribution in [-0.2, 0) is 4.79 Å². The highest BCUT2D eigenvalue weighted by Gasteiger charge is 2.47. The maximum atomic E-state index is 13.3. The minimum Gasteiger partial charge on any atom is -0.356 e. The van der Waals surface area contributed by atoms with Crippen LogP contribution in [0.2, 0.25) is 0 Å². The molecule has 1 aliphatic rings. The highest BCUT2D eigenvalue weighted by atomic mass is 19.3. The second kappa shape index (κ2) is 8.13. The van der Waals surface area contributed by atoms with Crippen LogP contribution in [0.15, 0.2) is 13.2 Å². The maximum absolute atomic E-state index is 13.3. The van der Waals surface area contributed by atoms with Crippen LogP contribution in [0.5, 0.6) is 0 Å². The minimum absolute atomic E-state index is 0.191. The predicted molar refractivity (Wildman–Crippen MR) is 65.4 cm³/mol. The van der Waals surface area contributed by atoms with Gasteiger partial charge in [0.2, 0.25) is 5.91 Å². The van der Waals surface area contributed by atoms with Crippen LogP contribution in [0.3, 0.4) is 0 Å². The summed E-state index contributed by atoms with van der Waals surface area (Å²) < 4.78 is 38.4. The summed E-state index contributed by atoms with van der Waals surface area (Å²) in [5, 5.41) is 2.43. The van der Waals surface area contributed by atoms with Gasteiger partial charge >= 0.3 is 0 Å². The second-order valence-electron chi connectivity index (χ2n) is 4.25. The van der Waals surface area contributed by atoms with E-state index in [1.807, 2.05) is 0 Å². The Bertz CT molecular complexity index is 262. The third-order valence-electron chi connectivity index (χ3n) is 2.67. The molecule has 1 heterocycles. The lowest BCUT2D eigenvalue weighted by Gasteiger charge is -2.16. The molecule has 0 saturated carbocycles. The Morgan fingerprint density at radius 2 is 2.11 bits per heavy atom. The van der Waals surface area contributed by atoms with Gasteiger partial charge < -0.3 is 10.2 Å². The number of alkyl halides is 3. The van der Waals surface area contributed by atoms with E-state index in [2.05, 4.69) is 18.5 Å². The van der Waals surface area contributed by atoms with Crippen LogP contribution < -0.4 is 5.32 Å². The standard InChI is InChI=1S/C10H17F3N2O.C2H4/c1-15-6-8(10(12,13)7-15)5-9(16)14-4-2-3-11;1-2/h8H,2-7H2,1H3,(H,14,16);1-2H2. The zero-order valence-corrected chi connectivity index (χ0v) is 10.7. The van der Waals surface area contributed by atoms with E-state index in [-0.39, 0.29) is 32.5 Å². The highest BCUT2D eigenvalue weighted by molar-refractivity contribution is 5.76. The molecule has 1 unspecified atom stereocenters. The number of rotatable bonds is 5. The largest absolute Gasteiger partial charge is 0.356 e. The van der Waals surface area contributed by atoms with Crippen molar-refractivity contribution in [1.29, 1.82) is 0 Å². The summed E-state index contributed by atoms with van der Waals surface area (Å²) in [6.45, 7) is 5.63. The number of amides is 1. The molecule has 106 valence electrons. The number of nitrogens with zero attached hydrogens (tertiary/aromatic N) is 1. The molecule has 0 spiro atoms. The number of halogens is 3. The van der Waals surface area contributed by atoms with Crippen molar-refractivity contribution in [3.8, 4) is 0 Å². The van der Waals surface area contributed by atoms with Crippen molar-refractivity contribution < 1.29 is 18.0 Å². The smallest absolute Gasteiger partial charge is 0.265 e. The Morgan fingerprint density at radius 1 is 1.50 bits per heavy atom. The molecule has 1 amide bonds. The molecule has 6 heteroatoms. The number of hydrogen-bond acceptors (Lipinski definition) is 2. The second-order valence-corrected chi connectivity index (χ2v) is 4.25. The minimum atomic E-state index is -2.80. The van der Waals surface area contributed by atoms with Crippen LogP contribution in [0, 0.1) is 5.92 Å². The Kier molecular flexibility index (Phi) is 7.66. The quantitative estimate of drug-likeness (QED) is 0.608. The van der Waals surface area contributed by atoms with E-state index in [9.17, 15) is 18.0 Å². The highest BCUT2D eigenvalue weighted by Crippen LogP contribution is 2.34. The molecule has 0 radical (unpaired) electrons. The molecule has 3 nitrogen and oxygen atoms in total. The molecular weight excluding hydrogens is 245 g/mol. The van der Waals surface area contributed by atoms with Crippen molar-refractivity contribution in [2.24, 2.45) is 5.92 Å². The zero-order chi connectivity index (χ0) is 14.2. The van der Waals surface area contributed by atoms with Crippen molar-refractivity contribution in [3.63, 3.8) is 0 Å². The van der Waals surface area contributed by atoms with Crippen LogP contribution in [0.4, 0.5) is 13.2 Å². The van der Waals surface area contributed by atoms with Crippen molar-refractivity contribution in [1.82, 2.24) is 10.2 Å². The summed E-state index contributed by atoms with van der Waals surface area (Å²) in [5.41, 5.74) is 0. The first-order valence-electron chi connectivity index (χ1n) is 5.84. The maximum Gasteiger partial charge on any atom is 0.265 e. The van der Waals surface area contributed by atoms with Gasteiger partial charge in [0.05, 0.1) is 13.2 Å². The van der Waals surface area contributed by atoms with Gasteiger partial charge in [0.25, 0.3) is 5.92 Å². The van der Waals surface area contributed by atoms with E-state index in [0.717, 1.165) is 0 Å². The normalized spacial score (nSPS) is 22.1. The predicted octanol–water partition coefficient (Wildman–Crippen LogP) is 1.85. The average Bonchev–Trinajstić information content (AvgIpc) is 2.55. The number of nitrogens with one attached hydrogen (secondary N) is 1. The van der Waals surface area contributed by atoms with Crippen LogP contribution in [0.1, 0.15) is 12.8 Å². The van der Waals surface area contributed by atoms with Gasteiger partial charge in [0.15, 0.2) is 0 Å². The van der Waals surface area contributed by atoms with E-state index >= 15 is 0 Å². The Hall–Kier alpha value is -1.04. The van der Waals surface area contributed by atoms with Crippen LogP contribution >= 0.6 is 0 Å². The van der Waals surface area contributed by atoms with Gasteiger partial charge in [-0.05, 0) is 13.5 Å². The summed E-state index contributed by atoms with van der Waals surface area (Å²) in [6.07, 6.45) is 0.0380. The molecule has 0 aromatic rings. The molecule has 18 heavy (non-hydrogen) atoms. The molecule has 1 aliphatic heterocycles. The van der Waals surface area contributed by atoms with E-state index in [4.69, 9.17) is 0 Å².